The van der Waals surface area contributed by atoms with Crippen LogP contribution in [0.25, 0.3) is 0 Å². The van der Waals surface area contributed by atoms with E-state index < -0.39 is 24.4 Å². The second-order valence-electron chi connectivity index (χ2n) is 2.30. The van der Waals surface area contributed by atoms with E-state index in [0.717, 1.165) is 13.8 Å². The Hall–Kier alpha value is -0.780. The number of carboxylic acid groups (broad SMARTS) is 1. The predicted molar refractivity (Wildman–Crippen MR) is 33.7 cm³/mol. The molecule has 1 N–H and O–H groups in total. The summed E-state index contributed by atoms with van der Waals surface area (Å²) < 4.78 is 39.4. The number of carbonyl (C=O) groups is 1. The van der Waals surface area contributed by atoms with Gasteiger partial charge in [0.05, 0.1) is 0 Å². The fourth-order valence-corrected chi connectivity index (χ4v) is 0.442. The van der Waals surface area contributed by atoms with E-state index in [1.807, 2.05) is 0 Å². The van der Waals surface area contributed by atoms with E-state index in [4.69, 9.17) is 5.11 Å². The number of halogens is 3. The molecule has 0 aromatic heterocycles. The highest BCUT2D eigenvalue weighted by atomic mass is 19.4. The van der Waals surface area contributed by atoms with Crippen LogP contribution in [0.1, 0.15) is 13.8 Å². The minimum absolute atomic E-state index is 0.763. The van der Waals surface area contributed by atoms with Crippen LogP contribution < -0.4 is 0 Å². The maximum atomic E-state index is 11.8. The number of ether oxygens (including phenoxy) is 1. The Morgan fingerprint density at radius 3 is 2.08 bits per heavy atom. The van der Waals surface area contributed by atoms with Crippen molar-refractivity contribution >= 4 is 5.97 Å². The first-order valence-electron chi connectivity index (χ1n) is 3.20. The summed E-state index contributed by atoms with van der Waals surface area (Å²) in [5, 5.41) is 8.20. The van der Waals surface area contributed by atoms with Gasteiger partial charge in [0.2, 0.25) is 0 Å². The average molecular weight is 186 g/mol. The van der Waals surface area contributed by atoms with E-state index in [2.05, 4.69) is 4.74 Å². The van der Waals surface area contributed by atoms with Crippen molar-refractivity contribution in [3.05, 3.63) is 0 Å². The molecule has 0 aliphatic heterocycles. The van der Waals surface area contributed by atoms with Crippen LogP contribution in [0.15, 0.2) is 0 Å². The van der Waals surface area contributed by atoms with Crippen molar-refractivity contribution in [2.75, 3.05) is 0 Å². The Balaban J connectivity index is 4.01. The van der Waals surface area contributed by atoms with Gasteiger partial charge in [-0.15, -0.1) is 0 Å². The van der Waals surface area contributed by atoms with Gasteiger partial charge in [0.1, 0.15) is 0 Å². The third-order valence-electron chi connectivity index (χ3n) is 1.22. The van der Waals surface area contributed by atoms with Gasteiger partial charge in [0.15, 0.2) is 12.2 Å². The minimum Gasteiger partial charge on any atom is -0.479 e. The van der Waals surface area contributed by atoms with E-state index in [-0.39, 0.29) is 0 Å². The van der Waals surface area contributed by atoms with Crippen molar-refractivity contribution < 1.29 is 27.8 Å². The SMILES string of the molecule is CC(O[C@H](C)C(=O)O)C(F)(F)F. The van der Waals surface area contributed by atoms with Gasteiger partial charge in [-0.3, -0.25) is 0 Å². The molecule has 0 radical (unpaired) electrons. The zero-order chi connectivity index (χ0) is 9.94. The van der Waals surface area contributed by atoms with Crippen LogP contribution in [0, 0.1) is 0 Å². The summed E-state index contributed by atoms with van der Waals surface area (Å²) in [6.07, 6.45) is -8.01. The van der Waals surface area contributed by atoms with Gasteiger partial charge in [0, 0.05) is 0 Å². The molecule has 72 valence electrons. The molecule has 0 amide bonds. The highest BCUT2D eigenvalue weighted by Gasteiger charge is 2.38. The molecule has 0 aromatic rings. The molecule has 12 heavy (non-hydrogen) atoms. The van der Waals surface area contributed by atoms with Crippen molar-refractivity contribution in [1.82, 2.24) is 0 Å². The van der Waals surface area contributed by atoms with Gasteiger partial charge in [0.25, 0.3) is 0 Å². The van der Waals surface area contributed by atoms with Gasteiger partial charge in [-0.05, 0) is 13.8 Å². The molecule has 0 aliphatic rings. The molecule has 0 saturated carbocycles. The monoisotopic (exact) mass is 186 g/mol. The minimum atomic E-state index is -4.51. The van der Waals surface area contributed by atoms with Crippen LogP contribution in [0.3, 0.4) is 0 Å². The molecular formula is C6H9F3O3. The number of hydrogen-bond acceptors (Lipinski definition) is 2. The molecule has 0 aliphatic carbocycles. The average Bonchev–Trinajstić information content (AvgIpc) is 1.85. The fraction of sp³-hybridized carbons (Fsp3) is 0.833. The number of hydrogen-bond donors (Lipinski definition) is 1. The van der Waals surface area contributed by atoms with E-state index >= 15 is 0 Å². The number of rotatable bonds is 3. The summed E-state index contributed by atoms with van der Waals surface area (Å²) in [6, 6.07) is 0. The third kappa shape index (κ3) is 3.56. The van der Waals surface area contributed by atoms with Crippen LogP contribution in [-0.2, 0) is 9.53 Å². The molecule has 3 nitrogen and oxygen atoms in total. The molecule has 0 spiro atoms. The summed E-state index contributed by atoms with van der Waals surface area (Å²) >= 11 is 0. The lowest BCUT2D eigenvalue weighted by molar-refractivity contribution is -0.226. The lowest BCUT2D eigenvalue weighted by Crippen LogP contribution is -2.34. The van der Waals surface area contributed by atoms with Crippen molar-refractivity contribution in [3.8, 4) is 0 Å². The highest BCUT2D eigenvalue weighted by molar-refractivity contribution is 5.71. The lowest BCUT2D eigenvalue weighted by atomic mass is 10.3. The standard InChI is InChI=1S/C6H9F3O3/c1-3(5(10)11)12-4(2)6(7,8)9/h3-4H,1-2H3,(H,10,11)/t3-,4?/m1/s1. The maximum Gasteiger partial charge on any atom is 0.414 e. The van der Waals surface area contributed by atoms with Crippen molar-refractivity contribution in [1.29, 1.82) is 0 Å². The first-order valence-corrected chi connectivity index (χ1v) is 3.20. The van der Waals surface area contributed by atoms with E-state index in [1.165, 1.54) is 0 Å². The van der Waals surface area contributed by atoms with Gasteiger partial charge >= 0.3 is 12.1 Å². The zero-order valence-corrected chi connectivity index (χ0v) is 6.55. The predicted octanol–water partition coefficient (Wildman–Crippen LogP) is 1.43. The normalized spacial score (nSPS) is 17.1. The Bertz CT molecular complexity index is 166. The summed E-state index contributed by atoms with van der Waals surface area (Å²) in [4.78, 5) is 10.1. The lowest BCUT2D eigenvalue weighted by Gasteiger charge is -2.18. The zero-order valence-electron chi connectivity index (χ0n) is 6.55. The molecule has 6 heteroatoms. The quantitative estimate of drug-likeness (QED) is 0.725. The van der Waals surface area contributed by atoms with Gasteiger partial charge in [-0.2, -0.15) is 13.2 Å². The second-order valence-corrected chi connectivity index (χ2v) is 2.30. The van der Waals surface area contributed by atoms with Gasteiger partial charge in [-0.25, -0.2) is 4.79 Å². The third-order valence-corrected chi connectivity index (χ3v) is 1.22. The Morgan fingerprint density at radius 1 is 1.42 bits per heavy atom. The van der Waals surface area contributed by atoms with E-state index in [0.29, 0.717) is 0 Å². The number of carboxylic acids is 1. The van der Waals surface area contributed by atoms with Crippen molar-refractivity contribution in [2.24, 2.45) is 0 Å². The maximum absolute atomic E-state index is 11.8. The number of alkyl halides is 3. The summed E-state index contributed by atoms with van der Waals surface area (Å²) in [7, 11) is 0. The molecule has 0 rings (SSSR count). The van der Waals surface area contributed by atoms with Crippen LogP contribution >= 0.6 is 0 Å². The van der Waals surface area contributed by atoms with Gasteiger partial charge < -0.3 is 9.84 Å². The number of aliphatic carboxylic acids is 1. The van der Waals surface area contributed by atoms with Crippen molar-refractivity contribution in [2.45, 2.75) is 32.2 Å². The highest BCUT2D eigenvalue weighted by Crippen LogP contribution is 2.23. The Morgan fingerprint density at radius 2 is 1.83 bits per heavy atom. The van der Waals surface area contributed by atoms with Crippen LogP contribution in [0.4, 0.5) is 13.2 Å². The first kappa shape index (κ1) is 11.2. The van der Waals surface area contributed by atoms with Gasteiger partial charge in [-0.1, -0.05) is 0 Å². The second kappa shape index (κ2) is 3.75. The van der Waals surface area contributed by atoms with Crippen molar-refractivity contribution in [3.63, 3.8) is 0 Å². The smallest absolute Gasteiger partial charge is 0.414 e. The molecule has 0 bridgehead atoms. The Kier molecular flexibility index (Phi) is 3.51. The topological polar surface area (TPSA) is 46.5 Å². The van der Waals surface area contributed by atoms with Crippen LogP contribution in [-0.4, -0.2) is 29.5 Å². The van der Waals surface area contributed by atoms with Crippen LogP contribution in [0.5, 0.6) is 0 Å². The molecule has 0 aromatic carbocycles. The summed E-state index contributed by atoms with van der Waals surface area (Å²) in [5.41, 5.74) is 0. The molecule has 1 unspecified atom stereocenters. The largest absolute Gasteiger partial charge is 0.479 e. The van der Waals surface area contributed by atoms with Crippen LogP contribution in [0.2, 0.25) is 0 Å². The fourth-order valence-electron chi connectivity index (χ4n) is 0.442. The molecule has 0 heterocycles. The van der Waals surface area contributed by atoms with E-state index in [1.54, 1.807) is 0 Å². The molecule has 2 atom stereocenters. The van der Waals surface area contributed by atoms with E-state index in [9.17, 15) is 18.0 Å². The first-order chi connectivity index (χ1) is 5.25. The molecule has 0 fully saturated rings. The summed E-state index contributed by atoms with van der Waals surface area (Å²) in [5.74, 6) is -1.41. The molecular weight excluding hydrogens is 177 g/mol. The Labute approximate surface area is 67.1 Å². The molecule has 0 saturated heterocycles. The summed E-state index contributed by atoms with van der Waals surface area (Å²) in [6.45, 7) is 1.81.